The van der Waals surface area contributed by atoms with Crippen LogP contribution in [0.2, 0.25) is 0 Å². The fourth-order valence-corrected chi connectivity index (χ4v) is 2.93. The van der Waals surface area contributed by atoms with Crippen LogP contribution >= 0.6 is 0 Å². The average molecular weight is 272 g/mol. The van der Waals surface area contributed by atoms with E-state index >= 15 is 0 Å². The van der Waals surface area contributed by atoms with E-state index in [2.05, 4.69) is 17.9 Å². The van der Waals surface area contributed by atoms with E-state index in [9.17, 15) is 4.79 Å². The van der Waals surface area contributed by atoms with Gasteiger partial charge in [-0.05, 0) is 40.6 Å². The number of rotatable bonds is 1. The number of hydrogen-bond donors (Lipinski definition) is 0. The van der Waals surface area contributed by atoms with Crippen LogP contribution in [0.15, 0.2) is 54.3 Å². The number of allylic oxidation sites excluding steroid dienone is 1. The van der Waals surface area contributed by atoms with Crippen molar-refractivity contribution in [3.8, 4) is 5.75 Å². The molecule has 0 aromatic heterocycles. The Morgan fingerprint density at radius 1 is 0.952 bits per heavy atom. The lowest BCUT2D eigenvalue weighted by molar-refractivity contribution is 0.104. The summed E-state index contributed by atoms with van der Waals surface area (Å²) in [4.78, 5) is 12.0. The molecule has 3 aromatic carbocycles. The largest absolute Gasteiger partial charge is 0.495 e. The van der Waals surface area contributed by atoms with Gasteiger partial charge in [0.05, 0.1) is 7.11 Å². The molecule has 0 saturated carbocycles. The highest BCUT2D eigenvalue weighted by Gasteiger charge is 2.15. The van der Waals surface area contributed by atoms with E-state index in [1.807, 2.05) is 36.4 Å². The molecule has 2 heteroatoms. The second-order valence-corrected chi connectivity index (χ2v) is 5.11. The summed E-state index contributed by atoms with van der Waals surface area (Å²) in [5.41, 5.74) is 4.50. The third-order valence-corrected chi connectivity index (χ3v) is 3.91. The molecule has 3 aromatic rings. The highest BCUT2D eigenvalue weighted by molar-refractivity contribution is 6.14. The minimum Gasteiger partial charge on any atom is -0.495 e. The molecule has 0 radical (unpaired) electrons. The monoisotopic (exact) mass is 272 g/mol. The van der Waals surface area contributed by atoms with Crippen LogP contribution in [0.5, 0.6) is 5.75 Å². The predicted molar refractivity (Wildman–Crippen MR) is 84.9 cm³/mol. The van der Waals surface area contributed by atoms with Gasteiger partial charge in [0.25, 0.3) is 0 Å². The van der Waals surface area contributed by atoms with Crippen LogP contribution in [0, 0.1) is 0 Å². The van der Waals surface area contributed by atoms with E-state index in [0.717, 1.165) is 38.4 Å². The zero-order valence-electron chi connectivity index (χ0n) is 11.5. The number of carbonyl (C=O) groups excluding carboxylic acids is 1. The first-order valence-corrected chi connectivity index (χ1v) is 6.78. The van der Waals surface area contributed by atoms with Crippen molar-refractivity contribution >= 4 is 33.4 Å². The number of carbonyl (C=O) groups is 1. The van der Waals surface area contributed by atoms with Gasteiger partial charge in [-0.25, -0.2) is 0 Å². The first-order chi connectivity index (χ1) is 10.3. The molecule has 0 N–H and O–H groups in total. The van der Waals surface area contributed by atoms with Crippen LogP contribution in [-0.4, -0.2) is 12.9 Å². The molecule has 0 aliphatic heterocycles. The van der Waals surface area contributed by atoms with Crippen molar-refractivity contribution in [2.24, 2.45) is 0 Å². The molecule has 0 unspecified atom stereocenters. The molecule has 21 heavy (non-hydrogen) atoms. The molecule has 1 aliphatic carbocycles. The zero-order chi connectivity index (χ0) is 14.4. The summed E-state index contributed by atoms with van der Waals surface area (Å²) < 4.78 is 5.63. The first kappa shape index (κ1) is 12.0. The number of methoxy groups -OCH3 is 1. The predicted octanol–water partition coefficient (Wildman–Crippen LogP) is 4.37. The Bertz CT molecular complexity index is 974. The van der Waals surface area contributed by atoms with Gasteiger partial charge in [0.1, 0.15) is 5.75 Å². The summed E-state index contributed by atoms with van der Waals surface area (Å²) in [7, 11) is 1.68. The third-order valence-electron chi connectivity index (χ3n) is 3.91. The number of hydrogen-bond acceptors (Lipinski definition) is 2. The van der Waals surface area contributed by atoms with Crippen LogP contribution < -0.4 is 4.74 Å². The fourth-order valence-electron chi connectivity index (χ4n) is 2.93. The SMILES string of the molecule is COc1c2ccccc2cc2cc3c(cc12)C=C=CC3=O. The number of ether oxygens (including phenoxy) is 1. The fraction of sp³-hybridized carbons (Fsp3) is 0.0526. The van der Waals surface area contributed by atoms with E-state index in [1.54, 1.807) is 7.11 Å². The van der Waals surface area contributed by atoms with E-state index in [0.29, 0.717) is 0 Å². The lowest BCUT2D eigenvalue weighted by atomic mass is 9.93. The van der Waals surface area contributed by atoms with E-state index in [4.69, 9.17) is 4.74 Å². The summed E-state index contributed by atoms with van der Waals surface area (Å²) in [5.74, 6) is 0.850. The van der Waals surface area contributed by atoms with Gasteiger partial charge in [-0.1, -0.05) is 24.3 Å². The van der Waals surface area contributed by atoms with Crippen LogP contribution in [0.25, 0.3) is 27.6 Å². The smallest absolute Gasteiger partial charge is 0.194 e. The van der Waals surface area contributed by atoms with E-state index in [-0.39, 0.29) is 5.78 Å². The highest BCUT2D eigenvalue weighted by Crippen LogP contribution is 2.36. The molecule has 0 bridgehead atoms. The summed E-state index contributed by atoms with van der Waals surface area (Å²) in [6.45, 7) is 0. The molecule has 4 rings (SSSR count). The minimum atomic E-state index is 0.00141. The molecular weight excluding hydrogens is 260 g/mol. The van der Waals surface area contributed by atoms with Gasteiger partial charge in [-0.2, -0.15) is 0 Å². The molecule has 0 amide bonds. The first-order valence-electron chi connectivity index (χ1n) is 6.78. The van der Waals surface area contributed by atoms with Crippen molar-refractivity contribution in [2.75, 3.05) is 7.11 Å². The van der Waals surface area contributed by atoms with Gasteiger partial charge in [-0.3, -0.25) is 4.79 Å². The number of fused-ring (bicyclic) bond motifs is 3. The Hall–Kier alpha value is -2.83. The molecule has 1 aliphatic rings. The van der Waals surface area contributed by atoms with Gasteiger partial charge in [0.15, 0.2) is 5.78 Å². The van der Waals surface area contributed by atoms with Crippen molar-refractivity contribution in [2.45, 2.75) is 0 Å². The third kappa shape index (κ3) is 1.70. The topological polar surface area (TPSA) is 26.3 Å². The molecule has 0 atom stereocenters. The molecule has 2 nitrogen and oxygen atoms in total. The lowest BCUT2D eigenvalue weighted by Crippen LogP contribution is -2.00. The van der Waals surface area contributed by atoms with E-state index < -0.39 is 0 Å². The van der Waals surface area contributed by atoms with E-state index in [1.165, 1.54) is 6.08 Å². The normalized spacial score (nSPS) is 12.9. The van der Waals surface area contributed by atoms with Crippen molar-refractivity contribution in [1.82, 2.24) is 0 Å². The van der Waals surface area contributed by atoms with Gasteiger partial charge in [0.2, 0.25) is 0 Å². The van der Waals surface area contributed by atoms with Gasteiger partial charge >= 0.3 is 0 Å². The second-order valence-electron chi connectivity index (χ2n) is 5.11. The lowest BCUT2D eigenvalue weighted by Gasteiger charge is -2.13. The van der Waals surface area contributed by atoms with Crippen molar-refractivity contribution in [1.29, 1.82) is 0 Å². The van der Waals surface area contributed by atoms with Crippen LogP contribution in [0.3, 0.4) is 0 Å². The summed E-state index contributed by atoms with van der Waals surface area (Å²) >= 11 is 0. The molecule has 0 saturated heterocycles. The van der Waals surface area contributed by atoms with Gasteiger partial charge < -0.3 is 4.74 Å². The maximum atomic E-state index is 12.0. The molecule has 100 valence electrons. The van der Waals surface area contributed by atoms with Crippen LogP contribution in [0.4, 0.5) is 0 Å². The van der Waals surface area contributed by atoms with Gasteiger partial charge in [0, 0.05) is 22.4 Å². The average Bonchev–Trinajstić information content (AvgIpc) is 2.51. The van der Waals surface area contributed by atoms with Gasteiger partial charge in [-0.15, -0.1) is 5.73 Å². The Balaban J connectivity index is 2.19. The summed E-state index contributed by atoms with van der Waals surface area (Å²) in [6, 6.07) is 14.2. The minimum absolute atomic E-state index is 0.00141. The van der Waals surface area contributed by atoms with Crippen LogP contribution in [0.1, 0.15) is 15.9 Å². The highest BCUT2D eigenvalue weighted by atomic mass is 16.5. The Kier molecular flexibility index (Phi) is 2.47. The molecular formula is C19H12O2. The number of benzene rings is 3. The Morgan fingerprint density at radius 3 is 2.67 bits per heavy atom. The Morgan fingerprint density at radius 2 is 1.81 bits per heavy atom. The van der Waals surface area contributed by atoms with Crippen molar-refractivity contribution < 1.29 is 9.53 Å². The quantitative estimate of drug-likeness (QED) is 0.486. The molecule has 0 heterocycles. The molecule has 0 fully saturated rings. The second kappa shape index (κ2) is 4.34. The zero-order valence-corrected chi connectivity index (χ0v) is 11.5. The summed E-state index contributed by atoms with van der Waals surface area (Å²) in [6.07, 6.45) is 3.32. The number of ketones is 1. The van der Waals surface area contributed by atoms with Crippen molar-refractivity contribution in [3.05, 3.63) is 65.4 Å². The standard InChI is InChI=1S/C19H12O2/c1-21-19-15-7-3-2-5-12(15)9-14-11-16-13(10-17(14)19)6-4-8-18(16)20/h2-3,5-11H,1H3. The Labute approximate surface area is 122 Å². The maximum absolute atomic E-state index is 12.0. The van der Waals surface area contributed by atoms with Crippen molar-refractivity contribution in [3.63, 3.8) is 0 Å². The maximum Gasteiger partial charge on any atom is 0.194 e. The van der Waals surface area contributed by atoms with Crippen LogP contribution in [-0.2, 0) is 0 Å². The molecule has 0 spiro atoms. The summed E-state index contributed by atoms with van der Waals surface area (Å²) in [5, 5.41) is 4.22.